The fourth-order valence-electron chi connectivity index (χ4n) is 4.65. The maximum Gasteiger partial charge on any atom is 0.0991 e. The van der Waals surface area contributed by atoms with Crippen molar-refractivity contribution in [1.29, 1.82) is 0 Å². The highest BCUT2D eigenvalue weighted by Gasteiger charge is 2.22. The van der Waals surface area contributed by atoms with Crippen molar-refractivity contribution in [1.82, 2.24) is 24.1 Å². The van der Waals surface area contributed by atoms with Crippen molar-refractivity contribution in [2.75, 3.05) is 0 Å². The maximum absolute atomic E-state index is 4.15. The summed E-state index contributed by atoms with van der Waals surface area (Å²) in [6.07, 6.45) is 16.0. The topological polar surface area (TPSA) is 51.4 Å². The van der Waals surface area contributed by atoms with Gasteiger partial charge in [-0.05, 0) is 72.2 Å². The summed E-state index contributed by atoms with van der Waals surface area (Å²) >= 11 is 0. The Labute approximate surface area is 181 Å². The van der Waals surface area contributed by atoms with Crippen LogP contribution in [-0.2, 0) is 12.8 Å². The largest absolute Gasteiger partial charge is 0.354 e. The molecule has 1 aliphatic carbocycles. The van der Waals surface area contributed by atoms with Gasteiger partial charge in [0.2, 0.25) is 0 Å². The van der Waals surface area contributed by atoms with Crippen molar-refractivity contribution in [2.24, 2.45) is 0 Å². The molecule has 0 unspecified atom stereocenters. The third kappa shape index (κ3) is 3.19. The minimum atomic E-state index is 1.12. The number of aromatic nitrogens is 5. The quantitative estimate of drug-likeness (QED) is 0.423. The third-order valence-corrected chi connectivity index (χ3v) is 6.24. The number of benzene rings is 2. The molecule has 5 nitrogen and oxygen atoms in total. The Morgan fingerprint density at radius 2 is 1.06 bits per heavy atom. The highest BCUT2D eigenvalue weighted by molar-refractivity contribution is 5.77. The molecule has 1 N–H and O–H groups in total. The van der Waals surface area contributed by atoms with E-state index < -0.39 is 0 Å². The van der Waals surface area contributed by atoms with Crippen LogP contribution < -0.4 is 0 Å². The number of fused-ring (bicyclic) bond motifs is 1. The van der Waals surface area contributed by atoms with Crippen LogP contribution in [0.1, 0.15) is 24.0 Å². The molecule has 0 fully saturated rings. The molecule has 0 amide bonds. The van der Waals surface area contributed by atoms with Gasteiger partial charge in [-0.25, -0.2) is 9.97 Å². The molecule has 5 aromatic rings. The smallest absolute Gasteiger partial charge is 0.0991 e. The lowest BCUT2D eigenvalue weighted by Crippen LogP contribution is -2.01. The first-order valence-corrected chi connectivity index (χ1v) is 10.8. The molecule has 3 heterocycles. The lowest BCUT2D eigenvalue weighted by atomic mass is 9.89. The van der Waals surface area contributed by atoms with E-state index in [1.54, 1.807) is 12.4 Å². The van der Waals surface area contributed by atoms with Crippen molar-refractivity contribution in [2.45, 2.75) is 25.7 Å². The van der Waals surface area contributed by atoms with Gasteiger partial charge in [-0.15, -0.1) is 0 Å². The lowest BCUT2D eigenvalue weighted by Gasteiger charge is -2.14. The van der Waals surface area contributed by atoms with Gasteiger partial charge >= 0.3 is 0 Å². The van der Waals surface area contributed by atoms with E-state index in [1.165, 1.54) is 46.5 Å². The Hall–Kier alpha value is -3.86. The molecule has 0 bridgehead atoms. The third-order valence-electron chi connectivity index (χ3n) is 6.24. The number of nitrogens with one attached hydrogen (secondary N) is 1. The predicted molar refractivity (Wildman–Crippen MR) is 123 cm³/mol. The average molecular weight is 406 g/mol. The zero-order chi connectivity index (χ0) is 20.6. The number of hydrogen-bond acceptors (Lipinski definition) is 2. The average Bonchev–Trinajstić information content (AvgIpc) is 3.61. The van der Waals surface area contributed by atoms with Gasteiger partial charge in [-0.2, -0.15) is 0 Å². The van der Waals surface area contributed by atoms with Crippen LogP contribution in [0.2, 0.25) is 0 Å². The van der Waals surface area contributed by atoms with Crippen LogP contribution in [0.4, 0.5) is 0 Å². The highest BCUT2D eigenvalue weighted by Crippen LogP contribution is 2.38. The molecule has 1 aliphatic rings. The van der Waals surface area contributed by atoms with Crippen LogP contribution in [0.25, 0.3) is 33.9 Å². The molecule has 0 atom stereocenters. The summed E-state index contributed by atoms with van der Waals surface area (Å²) in [6.45, 7) is 0. The monoisotopic (exact) mass is 405 g/mol. The maximum atomic E-state index is 4.15. The molecular formula is C26H23N5. The van der Waals surface area contributed by atoms with Crippen LogP contribution in [0.15, 0.2) is 86.0 Å². The van der Waals surface area contributed by atoms with E-state index >= 15 is 0 Å². The summed E-state index contributed by atoms with van der Waals surface area (Å²) in [5.74, 6) is 0. The van der Waals surface area contributed by atoms with Crippen LogP contribution in [-0.4, -0.2) is 24.1 Å². The molecular weight excluding hydrogens is 382 g/mol. The van der Waals surface area contributed by atoms with Crippen molar-refractivity contribution in [3.8, 4) is 33.9 Å². The van der Waals surface area contributed by atoms with Gasteiger partial charge in [0.15, 0.2) is 0 Å². The van der Waals surface area contributed by atoms with Crippen molar-refractivity contribution in [3.05, 3.63) is 97.1 Å². The highest BCUT2D eigenvalue weighted by atomic mass is 15.0. The number of aromatic amines is 1. The molecule has 0 radical (unpaired) electrons. The second-order valence-electron chi connectivity index (χ2n) is 8.07. The molecule has 6 rings (SSSR count). The number of rotatable bonds is 4. The van der Waals surface area contributed by atoms with Gasteiger partial charge in [0, 0.05) is 47.6 Å². The first-order valence-electron chi connectivity index (χ1n) is 10.8. The van der Waals surface area contributed by atoms with E-state index in [1.807, 2.05) is 34.2 Å². The van der Waals surface area contributed by atoms with Crippen LogP contribution in [0.5, 0.6) is 0 Å². The summed E-state index contributed by atoms with van der Waals surface area (Å²) < 4.78 is 4.06. The molecule has 0 aliphatic heterocycles. The van der Waals surface area contributed by atoms with Gasteiger partial charge in [0.1, 0.15) is 0 Å². The Bertz CT molecular complexity index is 1190. The number of H-pyrrole nitrogens is 1. The Morgan fingerprint density at radius 3 is 1.45 bits per heavy atom. The summed E-state index contributed by atoms with van der Waals surface area (Å²) in [6, 6.07) is 17.5. The van der Waals surface area contributed by atoms with E-state index in [4.69, 9.17) is 0 Å². The second kappa shape index (κ2) is 7.43. The fourth-order valence-corrected chi connectivity index (χ4v) is 4.65. The number of nitrogens with zero attached hydrogens (tertiary/aromatic N) is 4. The van der Waals surface area contributed by atoms with Gasteiger partial charge in [-0.1, -0.05) is 24.3 Å². The van der Waals surface area contributed by atoms with Gasteiger partial charge in [0.25, 0.3) is 0 Å². The standard InChI is InChI=1S/C26H23N5/c1-2-4-24-23(3-1)25(19-5-9-21(10-6-19)30-15-13-27-17-30)29-26(24)20-7-11-22(12-8-20)31-16-14-28-18-31/h5-18,29H,1-4H2. The minimum absolute atomic E-state index is 1.12. The zero-order valence-corrected chi connectivity index (χ0v) is 17.2. The summed E-state index contributed by atoms with van der Waals surface area (Å²) in [5, 5.41) is 0. The molecule has 0 saturated heterocycles. The van der Waals surface area contributed by atoms with E-state index in [0.29, 0.717) is 0 Å². The molecule has 0 spiro atoms. The Kier molecular flexibility index (Phi) is 4.31. The van der Waals surface area contributed by atoms with E-state index in [0.717, 1.165) is 24.2 Å². The van der Waals surface area contributed by atoms with E-state index in [-0.39, 0.29) is 0 Å². The molecule has 2 aromatic carbocycles. The van der Waals surface area contributed by atoms with Crippen LogP contribution >= 0.6 is 0 Å². The zero-order valence-electron chi connectivity index (χ0n) is 17.2. The van der Waals surface area contributed by atoms with E-state index in [9.17, 15) is 0 Å². The second-order valence-corrected chi connectivity index (χ2v) is 8.07. The summed E-state index contributed by atoms with van der Waals surface area (Å²) in [5.41, 5.74) is 10.2. The Morgan fingerprint density at radius 1 is 0.613 bits per heavy atom. The summed E-state index contributed by atoms with van der Waals surface area (Å²) in [4.78, 5) is 12.1. The number of imidazole rings is 2. The molecule has 152 valence electrons. The number of hydrogen-bond donors (Lipinski definition) is 1. The van der Waals surface area contributed by atoms with Crippen molar-refractivity contribution >= 4 is 0 Å². The SMILES string of the molecule is c1cn(-c2ccc(-c3[nH]c(-c4ccc(-n5ccnc5)cc4)c4c3CCCC4)cc2)cn1. The first kappa shape index (κ1) is 18.0. The van der Waals surface area contributed by atoms with Gasteiger partial charge < -0.3 is 14.1 Å². The molecule has 3 aromatic heterocycles. The minimum Gasteiger partial charge on any atom is -0.354 e. The van der Waals surface area contributed by atoms with Gasteiger partial charge in [-0.3, -0.25) is 0 Å². The summed E-state index contributed by atoms with van der Waals surface area (Å²) in [7, 11) is 0. The van der Waals surface area contributed by atoms with Gasteiger partial charge in [0.05, 0.1) is 12.7 Å². The van der Waals surface area contributed by atoms with Crippen LogP contribution in [0, 0.1) is 0 Å². The fraction of sp³-hybridized carbons (Fsp3) is 0.154. The van der Waals surface area contributed by atoms with Crippen LogP contribution in [0.3, 0.4) is 0 Å². The van der Waals surface area contributed by atoms with E-state index in [2.05, 4.69) is 63.5 Å². The predicted octanol–water partition coefficient (Wildman–Crippen LogP) is 5.60. The lowest BCUT2D eigenvalue weighted by molar-refractivity contribution is 0.692. The normalized spacial score (nSPS) is 13.3. The first-order chi connectivity index (χ1) is 15.4. The molecule has 0 saturated carbocycles. The van der Waals surface area contributed by atoms with Crippen molar-refractivity contribution < 1.29 is 0 Å². The molecule has 5 heteroatoms. The Balaban J connectivity index is 1.39. The molecule has 31 heavy (non-hydrogen) atoms. The van der Waals surface area contributed by atoms with Crippen molar-refractivity contribution in [3.63, 3.8) is 0 Å².